The number of rotatable bonds is 6. The van der Waals surface area contributed by atoms with Crippen molar-refractivity contribution in [1.29, 1.82) is 0 Å². The second-order valence-electron chi connectivity index (χ2n) is 4.11. The van der Waals surface area contributed by atoms with Gasteiger partial charge in [0.15, 0.2) is 0 Å². The van der Waals surface area contributed by atoms with Crippen LogP contribution in [0.3, 0.4) is 0 Å². The number of aryl methyl sites for hydroxylation is 1. The Balaban J connectivity index is 2.27. The lowest BCUT2D eigenvalue weighted by molar-refractivity contribution is 0.408. The number of nitrogens with zero attached hydrogens (tertiary/aromatic N) is 2. The van der Waals surface area contributed by atoms with Crippen LogP contribution in [0.5, 0.6) is 5.75 Å². The number of thiophene rings is 1. The van der Waals surface area contributed by atoms with Gasteiger partial charge in [-0.2, -0.15) is 5.10 Å². The molecular formula is C13H19N3OS. The highest BCUT2D eigenvalue weighted by atomic mass is 32.1. The van der Waals surface area contributed by atoms with Crippen LogP contribution in [0, 0.1) is 0 Å². The normalized spacial score (nSPS) is 12.6. The monoisotopic (exact) mass is 265 g/mol. The number of hydrogen-bond acceptors (Lipinski definition) is 4. The van der Waals surface area contributed by atoms with Gasteiger partial charge in [-0.05, 0) is 24.9 Å². The SMILES string of the molecule is CCCn1cc(C(NC)c2sccc2OC)cn1. The Morgan fingerprint density at radius 3 is 3.06 bits per heavy atom. The molecule has 0 aliphatic rings. The average molecular weight is 265 g/mol. The van der Waals surface area contributed by atoms with E-state index in [-0.39, 0.29) is 6.04 Å². The fourth-order valence-corrected chi connectivity index (χ4v) is 3.01. The van der Waals surface area contributed by atoms with E-state index in [1.807, 2.05) is 24.0 Å². The zero-order valence-corrected chi connectivity index (χ0v) is 11.8. The van der Waals surface area contributed by atoms with E-state index in [0.717, 1.165) is 18.7 Å². The molecule has 1 atom stereocenters. The van der Waals surface area contributed by atoms with E-state index in [0.29, 0.717) is 0 Å². The molecule has 18 heavy (non-hydrogen) atoms. The third-order valence-corrected chi connectivity index (χ3v) is 3.83. The molecule has 0 aliphatic carbocycles. The smallest absolute Gasteiger partial charge is 0.134 e. The minimum Gasteiger partial charge on any atom is -0.496 e. The van der Waals surface area contributed by atoms with Gasteiger partial charge in [0.1, 0.15) is 5.75 Å². The van der Waals surface area contributed by atoms with Crippen molar-refractivity contribution in [3.63, 3.8) is 0 Å². The molecule has 2 heterocycles. The summed E-state index contributed by atoms with van der Waals surface area (Å²) in [6.45, 7) is 3.11. The van der Waals surface area contributed by atoms with Crippen LogP contribution in [0.2, 0.25) is 0 Å². The third-order valence-electron chi connectivity index (χ3n) is 2.87. The van der Waals surface area contributed by atoms with E-state index in [4.69, 9.17) is 4.74 Å². The molecule has 0 saturated carbocycles. The fraction of sp³-hybridized carbons (Fsp3) is 0.462. The first-order valence-corrected chi connectivity index (χ1v) is 6.99. The molecule has 0 saturated heterocycles. The summed E-state index contributed by atoms with van der Waals surface area (Å²) in [5, 5.41) is 9.76. The van der Waals surface area contributed by atoms with Gasteiger partial charge < -0.3 is 10.1 Å². The molecule has 2 aromatic heterocycles. The first kappa shape index (κ1) is 13.1. The van der Waals surface area contributed by atoms with Crippen molar-refractivity contribution in [2.24, 2.45) is 0 Å². The van der Waals surface area contributed by atoms with E-state index >= 15 is 0 Å². The van der Waals surface area contributed by atoms with Crippen molar-refractivity contribution >= 4 is 11.3 Å². The Morgan fingerprint density at radius 1 is 1.56 bits per heavy atom. The average Bonchev–Trinajstić information content (AvgIpc) is 3.00. The van der Waals surface area contributed by atoms with Gasteiger partial charge in [0, 0.05) is 18.3 Å². The van der Waals surface area contributed by atoms with Crippen molar-refractivity contribution < 1.29 is 4.74 Å². The van der Waals surface area contributed by atoms with E-state index in [1.165, 1.54) is 10.4 Å². The maximum Gasteiger partial charge on any atom is 0.134 e. The van der Waals surface area contributed by atoms with Crippen molar-refractivity contribution in [3.8, 4) is 5.75 Å². The second kappa shape index (κ2) is 6.02. The molecular weight excluding hydrogens is 246 g/mol. The highest BCUT2D eigenvalue weighted by Gasteiger charge is 2.19. The summed E-state index contributed by atoms with van der Waals surface area (Å²) in [4.78, 5) is 1.19. The molecule has 1 unspecified atom stereocenters. The van der Waals surface area contributed by atoms with Gasteiger partial charge in [-0.3, -0.25) is 4.68 Å². The number of nitrogens with one attached hydrogen (secondary N) is 1. The third kappa shape index (κ3) is 2.57. The lowest BCUT2D eigenvalue weighted by Crippen LogP contribution is -2.16. The number of hydrogen-bond donors (Lipinski definition) is 1. The summed E-state index contributed by atoms with van der Waals surface area (Å²) in [6, 6.07) is 2.14. The number of ether oxygens (including phenoxy) is 1. The molecule has 98 valence electrons. The van der Waals surface area contributed by atoms with Crippen LogP contribution in [-0.4, -0.2) is 23.9 Å². The van der Waals surface area contributed by atoms with Gasteiger partial charge in [0.05, 0.1) is 24.2 Å². The fourth-order valence-electron chi connectivity index (χ4n) is 2.02. The van der Waals surface area contributed by atoms with Crippen molar-refractivity contribution in [1.82, 2.24) is 15.1 Å². The maximum absolute atomic E-state index is 5.39. The molecule has 5 heteroatoms. The molecule has 2 rings (SSSR count). The van der Waals surface area contributed by atoms with Gasteiger partial charge in [0.25, 0.3) is 0 Å². The second-order valence-corrected chi connectivity index (χ2v) is 5.06. The summed E-state index contributed by atoms with van der Waals surface area (Å²) in [6.07, 6.45) is 5.12. The van der Waals surface area contributed by atoms with Gasteiger partial charge in [0.2, 0.25) is 0 Å². The van der Waals surface area contributed by atoms with E-state index in [2.05, 4.69) is 28.9 Å². The van der Waals surface area contributed by atoms with Gasteiger partial charge >= 0.3 is 0 Å². The Bertz CT molecular complexity index is 492. The molecule has 2 aromatic rings. The molecule has 0 aliphatic heterocycles. The Hall–Kier alpha value is -1.33. The summed E-state index contributed by atoms with van der Waals surface area (Å²) in [5.41, 5.74) is 1.17. The predicted octanol–water partition coefficient (Wildman–Crippen LogP) is 2.67. The van der Waals surface area contributed by atoms with E-state index < -0.39 is 0 Å². The zero-order valence-electron chi connectivity index (χ0n) is 11.0. The Kier molecular flexibility index (Phi) is 4.38. The Labute approximate surface area is 112 Å². The van der Waals surface area contributed by atoms with Crippen LogP contribution < -0.4 is 10.1 Å². The quantitative estimate of drug-likeness (QED) is 0.873. The molecule has 0 spiro atoms. The lowest BCUT2D eigenvalue weighted by atomic mass is 10.1. The highest BCUT2D eigenvalue weighted by Crippen LogP contribution is 2.34. The number of methoxy groups -OCH3 is 1. The van der Waals surface area contributed by atoms with Crippen LogP contribution in [0.25, 0.3) is 0 Å². The van der Waals surface area contributed by atoms with Crippen LogP contribution in [0.4, 0.5) is 0 Å². The molecule has 4 nitrogen and oxygen atoms in total. The summed E-state index contributed by atoms with van der Waals surface area (Å²) in [7, 11) is 3.67. The standard InChI is InChI=1S/C13H19N3OS/c1-4-6-16-9-10(8-15-16)12(14-2)13-11(17-3)5-7-18-13/h5,7-9,12,14H,4,6H2,1-3H3. The van der Waals surface area contributed by atoms with Crippen molar-refractivity contribution in [2.45, 2.75) is 25.9 Å². The van der Waals surface area contributed by atoms with Gasteiger partial charge in [-0.15, -0.1) is 11.3 Å². The first-order valence-electron chi connectivity index (χ1n) is 6.11. The van der Waals surface area contributed by atoms with E-state index in [1.54, 1.807) is 18.4 Å². The minimum absolute atomic E-state index is 0.144. The highest BCUT2D eigenvalue weighted by molar-refractivity contribution is 7.10. The largest absolute Gasteiger partial charge is 0.496 e. The van der Waals surface area contributed by atoms with E-state index in [9.17, 15) is 0 Å². The van der Waals surface area contributed by atoms with Gasteiger partial charge in [-0.25, -0.2) is 0 Å². The maximum atomic E-state index is 5.39. The molecule has 0 fully saturated rings. The van der Waals surface area contributed by atoms with Crippen molar-refractivity contribution in [2.75, 3.05) is 14.2 Å². The summed E-state index contributed by atoms with van der Waals surface area (Å²) in [5.74, 6) is 0.933. The van der Waals surface area contributed by atoms with Crippen molar-refractivity contribution in [3.05, 3.63) is 34.3 Å². The predicted molar refractivity (Wildman–Crippen MR) is 74.3 cm³/mol. The molecule has 0 bridgehead atoms. The summed E-state index contributed by atoms with van der Waals surface area (Å²) >= 11 is 1.70. The van der Waals surface area contributed by atoms with Crippen LogP contribution in [0.1, 0.15) is 29.8 Å². The molecule has 0 radical (unpaired) electrons. The zero-order chi connectivity index (χ0) is 13.0. The topological polar surface area (TPSA) is 39.1 Å². The lowest BCUT2D eigenvalue weighted by Gasteiger charge is -2.14. The number of aromatic nitrogens is 2. The molecule has 0 aromatic carbocycles. The minimum atomic E-state index is 0.144. The molecule has 0 amide bonds. The first-order chi connectivity index (χ1) is 8.80. The van der Waals surface area contributed by atoms with Crippen LogP contribution in [0.15, 0.2) is 23.8 Å². The van der Waals surface area contributed by atoms with Crippen LogP contribution in [-0.2, 0) is 6.54 Å². The summed E-state index contributed by atoms with van der Waals surface area (Å²) < 4.78 is 7.37. The molecule has 1 N–H and O–H groups in total. The van der Waals surface area contributed by atoms with Gasteiger partial charge in [-0.1, -0.05) is 6.92 Å². The van der Waals surface area contributed by atoms with Crippen LogP contribution >= 0.6 is 11.3 Å². The Morgan fingerprint density at radius 2 is 2.39 bits per heavy atom.